The van der Waals surface area contributed by atoms with Crippen LogP contribution in [0.5, 0.6) is 0 Å². The summed E-state index contributed by atoms with van der Waals surface area (Å²) in [6, 6.07) is 6.19. The van der Waals surface area contributed by atoms with Crippen LogP contribution in [-0.2, 0) is 16.6 Å². The molecular weight excluding hydrogens is 231 g/mol. The molecule has 1 aromatic rings. The van der Waals surface area contributed by atoms with Crippen LogP contribution in [0.15, 0.2) is 24.3 Å². The van der Waals surface area contributed by atoms with Gasteiger partial charge in [0.1, 0.15) is 5.82 Å². The lowest BCUT2D eigenvalue weighted by atomic mass is 10.2. The molecule has 0 fully saturated rings. The Morgan fingerprint density at radius 3 is 2.75 bits per heavy atom. The van der Waals surface area contributed by atoms with E-state index in [9.17, 15) is 12.8 Å². The molecule has 16 heavy (non-hydrogen) atoms. The summed E-state index contributed by atoms with van der Waals surface area (Å²) in [7, 11) is -1.79. The molecule has 0 atom stereocenters. The van der Waals surface area contributed by atoms with E-state index in [1.807, 2.05) is 0 Å². The second kappa shape index (κ2) is 5.93. The minimum Gasteiger partial charge on any atom is -0.312 e. The summed E-state index contributed by atoms with van der Waals surface area (Å²) < 4.78 is 37.1. The van der Waals surface area contributed by atoms with E-state index < -0.39 is 10.0 Å². The second-order valence-electron chi connectivity index (χ2n) is 3.33. The van der Waals surface area contributed by atoms with Gasteiger partial charge in [0.2, 0.25) is 10.0 Å². The summed E-state index contributed by atoms with van der Waals surface area (Å²) in [5, 5.41) is 2.93. The first-order valence-corrected chi connectivity index (χ1v) is 6.55. The first kappa shape index (κ1) is 13.1. The predicted molar refractivity (Wildman–Crippen MR) is 61.0 cm³/mol. The standard InChI is InChI=1S/C10H15FN2O2S/c1-12-16(14,15)6-5-13-8-9-3-2-4-10(11)7-9/h2-4,7,12-13H,5-6,8H2,1H3. The maximum absolute atomic E-state index is 12.8. The molecule has 0 unspecified atom stereocenters. The molecule has 4 nitrogen and oxygen atoms in total. The molecule has 0 aromatic heterocycles. The van der Waals surface area contributed by atoms with Crippen LogP contribution in [0.25, 0.3) is 0 Å². The number of benzene rings is 1. The van der Waals surface area contributed by atoms with Gasteiger partial charge < -0.3 is 5.32 Å². The third-order valence-corrected chi connectivity index (χ3v) is 3.44. The Balaban J connectivity index is 2.32. The number of nitrogens with one attached hydrogen (secondary N) is 2. The molecule has 0 radical (unpaired) electrons. The van der Waals surface area contributed by atoms with E-state index in [1.165, 1.54) is 19.2 Å². The van der Waals surface area contributed by atoms with Crippen molar-refractivity contribution in [3.63, 3.8) is 0 Å². The summed E-state index contributed by atoms with van der Waals surface area (Å²) in [4.78, 5) is 0. The maximum atomic E-state index is 12.8. The Hall–Kier alpha value is -0.980. The number of sulfonamides is 1. The molecule has 0 aliphatic rings. The van der Waals surface area contributed by atoms with Gasteiger partial charge in [-0.25, -0.2) is 17.5 Å². The molecule has 0 aliphatic heterocycles. The zero-order valence-electron chi connectivity index (χ0n) is 9.03. The lowest BCUT2D eigenvalue weighted by Crippen LogP contribution is -2.29. The van der Waals surface area contributed by atoms with Crippen LogP contribution in [0.4, 0.5) is 4.39 Å². The minimum atomic E-state index is -3.17. The van der Waals surface area contributed by atoms with E-state index in [0.29, 0.717) is 13.1 Å². The van der Waals surface area contributed by atoms with Gasteiger partial charge in [0.15, 0.2) is 0 Å². The molecule has 0 aliphatic carbocycles. The van der Waals surface area contributed by atoms with E-state index in [1.54, 1.807) is 12.1 Å². The lowest BCUT2D eigenvalue weighted by molar-refractivity contribution is 0.582. The SMILES string of the molecule is CNS(=O)(=O)CCNCc1cccc(F)c1. The predicted octanol–water partition coefficient (Wildman–Crippen LogP) is 0.465. The van der Waals surface area contributed by atoms with Gasteiger partial charge in [-0.2, -0.15) is 0 Å². The lowest BCUT2D eigenvalue weighted by Gasteiger charge is -2.05. The van der Waals surface area contributed by atoms with E-state index in [-0.39, 0.29) is 11.6 Å². The van der Waals surface area contributed by atoms with Crippen molar-refractivity contribution in [2.45, 2.75) is 6.54 Å². The van der Waals surface area contributed by atoms with Crippen LogP contribution in [0.2, 0.25) is 0 Å². The number of hydrogen-bond donors (Lipinski definition) is 2. The van der Waals surface area contributed by atoms with Gasteiger partial charge in [-0.3, -0.25) is 0 Å². The third-order valence-electron chi connectivity index (χ3n) is 2.08. The summed E-state index contributed by atoms with van der Waals surface area (Å²) >= 11 is 0. The quantitative estimate of drug-likeness (QED) is 0.717. The largest absolute Gasteiger partial charge is 0.312 e. The fraction of sp³-hybridized carbons (Fsp3) is 0.400. The highest BCUT2D eigenvalue weighted by Gasteiger charge is 2.05. The third kappa shape index (κ3) is 4.69. The Kier molecular flexibility index (Phi) is 4.85. The van der Waals surface area contributed by atoms with Gasteiger partial charge >= 0.3 is 0 Å². The fourth-order valence-corrected chi connectivity index (χ4v) is 1.81. The summed E-state index contributed by atoms with van der Waals surface area (Å²) in [5.41, 5.74) is 0.793. The molecule has 6 heteroatoms. The van der Waals surface area contributed by atoms with Crippen molar-refractivity contribution in [2.75, 3.05) is 19.3 Å². The number of rotatable bonds is 6. The molecule has 90 valence electrons. The normalized spacial score (nSPS) is 11.6. The summed E-state index contributed by atoms with van der Waals surface area (Å²) in [5.74, 6) is -0.277. The van der Waals surface area contributed by atoms with Crippen LogP contribution >= 0.6 is 0 Å². The summed E-state index contributed by atoms with van der Waals surface area (Å²) in [6.07, 6.45) is 0. The average Bonchev–Trinajstić information content (AvgIpc) is 2.25. The molecule has 1 rings (SSSR count). The molecule has 0 amide bonds. The van der Waals surface area contributed by atoms with Crippen LogP contribution in [0.1, 0.15) is 5.56 Å². The van der Waals surface area contributed by atoms with Crippen LogP contribution in [0.3, 0.4) is 0 Å². The van der Waals surface area contributed by atoms with Crippen molar-refractivity contribution < 1.29 is 12.8 Å². The van der Waals surface area contributed by atoms with Crippen LogP contribution in [-0.4, -0.2) is 27.8 Å². The minimum absolute atomic E-state index is 0.0127. The highest BCUT2D eigenvalue weighted by molar-refractivity contribution is 7.89. The van der Waals surface area contributed by atoms with Gasteiger partial charge in [0.05, 0.1) is 5.75 Å². The van der Waals surface area contributed by atoms with Gasteiger partial charge in [-0.1, -0.05) is 12.1 Å². The molecule has 0 spiro atoms. The molecule has 0 bridgehead atoms. The number of halogens is 1. The molecule has 0 heterocycles. The van der Waals surface area contributed by atoms with Gasteiger partial charge in [0.25, 0.3) is 0 Å². The van der Waals surface area contributed by atoms with Crippen molar-refractivity contribution in [1.82, 2.24) is 10.0 Å². The molecule has 1 aromatic carbocycles. The van der Waals surface area contributed by atoms with Crippen LogP contribution < -0.4 is 10.0 Å². The van der Waals surface area contributed by atoms with Gasteiger partial charge in [-0.15, -0.1) is 0 Å². The number of hydrogen-bond acceptors (Lipinski definition) is 3. The van der Waals surface area contributed by atoms with Crippen molar-refractivity contribution in [3.8, 4) is 0 Å². The first-order chi connectivity index (χ1) is 7.53. The van der Waals surface area contributed by atoms with Crippen molar-refractivity contribution >= 4 is 10.0 Å². The Labute approximate surface area is 94.9 Å². The molecule has 0 saturated carbocycles. The van der Waals surface area contributed by atoms with E-state index in [2.05, 4.69) is 10.0 Å². The Morgan fingerprint density at radius 1 is 1.38 bits per heavy atom. The zero-order valence-corrected chi connectivity index (χ0v) is 9.85. The highest BCUT2D eigenvalue weighted by atomic mass is 32.2. The Morgan fingerprint density at radius 2 is 2.12 bits per heavy atom. The maximum Gasteiger partial charge on any atom is 0.212 e. The van der Waals surface area contributed by atoms with E-state index >= 15 is 0 Å². The van der Waals surface area contributed by atoms with Crippen molar-refractivity contribution in [2.24, 2.45) is 0 Å². The molecular formula is C10H15FN2O2S. The van der Waals surface area contributed by atoms with Gasteiger partial charge in [-0.05, 0) is 24.7 Å². The zero-order chi connectivity index (χ0) is 12.0. The molecule has 0 saturated heterocycles. The Bertz CT molecular complexity index is 434. The smallest absolute Gasteiger partial charge is 0.212 e. The highest BCUT2D eigenvalue weighted by Crippen LogP contribution is 2.02. The average molecular weight is 246 g/mol. The van der Waals surface area contributed by atoms with Crippen molar-refractivity contribution in [3.05, 3.63) is 35.6 Å². The first-order valence-electron chi connectivity index (χ1n) is 4.90. The van der Waals surface area contributed by atoms with E-state index in [4.69, 9.17) is 0 Å². The van der Waals surface area contributed by atoms with Crippen molar-refractivity contribution in [1.29, 1.82) is 0 Å². The topological polar surface area (TPSA) is 58.2 Å². The molecule has 2 N–H and O–H groups in total. The fourth-order valence-electron chi connectivity index (χ4n) is 1.19. The van der Waals surface area contributed by atoms with E-state index in [0.717, 1.165) is 5.56 Å². The van der Waals surface area contributed by atoms with Gasteiger partial charge in [0, 0.05) is 13.1 Å². The second-order valence-corrected chi connectivity index (χ2v) is 5.38. The van der Waals surface area contributed by atoms with Crippen LogP contribution in [0, 0.1) is 5.82 Å². The summed E-state index contributed by atoms with van der Waals surface area (Å²) in [6.45, 7) is 0.788. The monoisotopic (exact) mass is 246 g/mol.